The van der Waals surface area contributed by atoms with Crippen LogP contribution in [0.25, 0.3) is 0 Å². The van der Waals surface area contributed by atoms with Crippen LogP contribution in [0.3, 0.4) is 0 Å². The van der Waals surface area contributed by atoms with Crippen molar-refractivity contribution in [2.75, 3.05) is 38.6 Å². The van der Waals surface area contributed by atoms with E-state index < -0.39 is 0 Å². The summed E-state index contributed by atoms with van der Waals surface area (Å²) in [6.07, 6.45) is 3.66. The monoisotopic (exact) mass is 537 g/mol. The Hall–Kier alpha value is -4.35. The van der Waals surface area contributed by atoms with E-state index in [1.54, 1.807) is 20.2 Å². The van der Waals surface area contributed by atoms with Gasteiger partial charge in [-0.1, -0.05) is 24.1 Å². The molecule has 2 N–H and O–H groups in total. The lowest BCUT2D eigenvalue weighted by atomic mass is 9.73. The summed E-state index contributed by atoms with van der Waals surface area (Å²) in [5.41, 5.74) is 3.58. The lowest BCUT2D eigenvalue weighted by Crippen LogP contribution is -2.69. The number of fused-ring (bicyclic) bond motifs is 1. The molecule has 0 aliphatic carbocycles. The van der Waals surface area contributed by atoms with Crippen LogP contribution in [-0.2, 0) is 4.79 Å². The first-order valence-electron chi connectivity index (χ1n) is 13.7. The fourth-order valence-corrected chi connectivity index (χ4v) is 5.64. The average molecular weight is 538 g/mol. The highest BCUT2D eigenvalue weighted by Crippen LogP contribution is 2.42. The number of aromatic nitrogens is 1. The second-order valence-corrected chi connectivity index (χ2v) is 10.2. The van der Waals surface area contributed by atoms with Crippen LogP contribution in [0.4, 0.5) is 10.5 Å². The van der Waals surface area contributed by atoms with E-state index in [4.69, 9.17) is 4.74 Å². The molecule has 0 bridgehead atoms. The van der Waals surface area contributed by atoms with E-state index in [1.165, 1.54) is 5.56 Å². The maximum Gasteiger partial charge on any atom is 0.321 e. The van der Waals surface area contributed by atoms with Gasteiger partial charge < -0.3 is 20.3 Å². The SMILES string of the molecule is COc1ccc(NC(=O)N2CCCCN3C(CNC(C)=O)C(c4ccc(C#Cc5ccccn5)cc4)C3C2)cc1. The number of benzene rings is 2. The molecule has 3 amide bonds. The third kappa shape index (κ3) is 6.44. The van der Waals surface area contributed by atoms with E-state index in [-0.39, 0.29) is 29.9 Å². The highest BCUT2D eigenvalue weighted by Gasteiger charge is 2.49. The molecule has 2 saturated heterocycles. The number of carbonyl (C=O) groups is 2. The standard InChI is InChI=1S/C32H35N5O3/c1-23(38)34-21-29-31(25-11-8-24(9-12-25)10-13-26-7-3-4-18-33-26)30-22-36(19-5-6-20-37(29)30)32(39)35-27-14-16-28(40-2)17-15-27/h3-4,7-9,11-12,14-18,29-31H,5-6,19-22H2,1-2H3,(H,34,38)(H,35,39). The molecular formula is C32H35N5O3. The number of ether oxygens (including phenoxy) is 1. The molecule has 8 heteroatoms. The second-order valence-electron chi connectivity index (χ2n) is 10.2. The molecule has 3 atom stereocenters. The summed E-state index contributed by atoms with van der Waals surface area (Å²) >= 11 is 0. The number of anilines is 1. The molecule has 1 aromatic heterocycles. The molecule has 3 unspecified atom stereocenters. The van der Waals surface area contributed by atoms with Gasteiger partial charge in [-0.15, -0.1) is 0 Å². The maximum atomic E-state index is 13.3. The summed E-state index contributed by atoms with van der Waals surface area (Å²) in [5.74, 6) is 7.20. The fraction of sp³-hybridized carbons (Fsp3) is 0.344. The molecular weight excluding hydrogens is 502 g/mol. The Morgan fingerprint density at radius 2 is 1.77 bits per heavy atom. The number of urea groups is 1. The molecule has 0 radical (unpaired) electrons. The molecule has 206 valence electrons. The molecule has 0 spiro atoms. The predicted octanol–water partition coefficient (Wildman–Crippen LogP) is 4.09. The Kier molecular flexibility index (Phi) is 8.62. The van der Waals surface area contributed by atoms with Crippen LogP contribution in [0.5, 0.6) is 5.75 Å². The number of nitrogens with zero attached hydrogens (tertiary/aromatic N) is 3. The van der Waals surface area contributed by atoms with E-state index in [1.807, 2.05) is 59.5 Å². The van der Waals surface area contributed by atoms with Crippen molar-refractivity contribution in [2.24, 2.45) is 0 Å². The lowest BCUT2D eigenvalue weighted by Gasteiger charge is -2.57. The zero-order valence-electron chi connectivity index (χ0n) is 23.0. The second kappa shape index (κ2) is 12.7. The van der Waals surface area contributed by atoms with Crippen LogP contribution in [0.2, 0.25) is 0 Å². The molecule has 2 aliphatic heterocycles. The molecule has 2 fully saturated rings. The zero-order valence-corrected chi connectivity index (χ0v) is 23.0. The molecule has 8 nitrogen and oxygen atoms in total. The lowest BCUT2D eigenvalue weighted by molar-refractivity contribution is -0.120. The first kappa shape index (κ1) is 27.2. The first-order valence-corrected chi connectivity index (χ1v) is 13.7. The molecule has 2 aliphatic rings. The number of rotatable bonds is 5. The van der Waals surface area contributed by atoms with Crippen molar-refractivity contribution in [1.82, 2.24) is 20.1 Å². The van der Waals surface area contributed by atoms with Gasteiger partial charge in [-0.25, -0.2) is 9.78 Å². The van der Waals surface area contributed by atoms with Crippen molar-refractivity contribution in [3.05, 3.63) is 89.7 Å². The number of methoxy groups -OCH3 is 1. The summed E-state index contributed by atoms with van der Waals surface area (Å²) in [5, 5.41) is 6.08. The molecule has 5 rings (SSSR count). The van der Waals surface area contributed by atoms with E-state index in [9.17, 15) is 9.59 Å². The van der Waals surface area contributed by atoms with Gasteiger partial charge in [0.25, 0.3) is 0 Å². The molecule has 40 heavy (non-hydrogen) atoms. The summed E-state index contributed by atoms with van der Waals surface area (Å²) in [6, 6.07) is 21.6. The van der Waals surface area contributed by atoms with Crippen molar-refractivity contribution in [3.63, 3.8) is 0 Å². The highest BCUT2D eigenvalue weighted by molar-refractivity contribution is 5.89. The molecule has 3 aromatic rings. The quantitative estimate of drug-likeness (QED) is 0.479. The van der Waals surface area contributed by atoms with Gasteiger partial charge >= 0.3 is 6.03 Å². The van der Waals surface area contributed by atoms with E-state index in [0.717, 1.165) is 42.1 Å². The van der Waals surface area contributed by atoms with E-state index in [0.29, 0.717) is 19.6 Å². The first-order chi connectivity index (χ1) is 19.5. The third-order valence-electron chi connectivity index (χ3n) is 7.67. The summed E-state index contributed by atoms with van der Waals surface area (Å²) in [7, 11) is 1.62. The minimum Gasteiger partial charge on any atom is -0.497 e. The van der Waals surface area contributed by atoms with Crippen molar-refractivity contribution >= 4 is 17.6 Å². The summed E-state index contributed by atoms with van der Waals surface area (Å²) in [4.78, 5) is 33.8. The van der Waals surface area contributed by atoms with Gasteiger partial charge in [-0.3, -0.25) is 9.69 Å². The Bertz CT molecular complexity index is 1370. The van der Waals surface area contributed by atoms with Gasteiger partial charge in [-0.05, 0) is 79.4 Å². The highest BCUT2D eigenvalue weighted by atomic mass is 16.5. The van der Waals surface area contributed by atoms with Gasteiger partial charge in [0.1, 0.15) is 11.4 Å². The van der Waals surface area contributed by atoms with Gasteiger partial charge in [-0.2, -0.15) is 0 Å². The van der Waals surface area contributed by atoms with Gasteiger partial charge in [0.05, 0.1) is 7.11 Å². The smallest absolute Gasteiger partial charge is 0.321 e. The van der Waals surface area contributed by atoms with Gasteiger partial charge in [0.2, 0.25) is 5.91 Å². The minimum absolute atomic E-state index is 0.0325. The van der Waals surface area contributed by atoms with Crippen molar-refractivity contribution < 1.29 is 14.3 Å². The van der Waals surface area contributed by atoms with Crippen LogP contribution < -0.4 is 15.4 Å². The third-order valence-corrected chi connectivity index (χ3v) is 7.67. The average Bonchev–Trinajstić information content (AvgIpc) is 2.96. The van der Waals surface area contributed by atoms with E-state index >= 15 is 0 Å². The zero-order chi connectivity index (χ0) is 27.9. The van der Waals surface area contributed by atoms with Crippen molar-refractivity contribution in [3.8, 4) is 17.6 Å². The Morgan fingerprint density at radius 1 is 1.00 bits per heavy atom. The van der Waals surface area contributed by atoms with Crippen LogP contribution in [0, 0.1) is 11.8 Å². The minimum atomic E-state index is -0.101. The number of hydrogen-bond acceptors (Lipinski definition) is 5. The Balaban J connectivity index is 1.34. The molecule has 3 heterocycles. The topological polar surface area (TPSA) is 86.8 Å². The Morgan fingerprint density at radius 3 is 2.48 bits per heavy atom. The number of hydrogen-bond donors (Lipinski definition) is 2. The van der Waals surface area contributed by atoms with Crippen molar-refractivity contribution in [2.45, 2.75) is 37.8 Å². The van der Waals surface area contributed by atoms with Crippen LogP contribution in [0.15, 0.2) is 72.9 Å². The summed E-state index contributed by atoms with van der Waals surface area (Å²) in [6.45, 7) is 4.41. The van der Waals surface area contributed by atoms with Crippen LogP contribution in [0.1, 0.15) is 42.5 Å². The Labute approximate surface area is 235 Å². The number of amides is 3. The molecule has 0 saturated carbocycles. The largest absolute Gasteiger partial charge is 0.497 e. The number of nitrogens with one attached hydrogen (secondary N) is 2. The van der Waals surface area contributed by atoms with Gasteiger partial charge in [0.15, 0.2) is 0 Å². The number of carbonyl (C=O) groups excluding carboxylic acids is 2. The van der Waals surface area contributed by atoms with Crippen molar-refractivity contribution in [1.29, 1.82) is 0 Å². The van der Waals surface area contributed by atoms with Gasteiger partial charge in [0, 0.05) is 62.0 Å². The fourth-order valence-electron chi connectivity index (χ4n) is 5.64. The normalized spacial score (nSPS) is 20.4. The molecule has 2 aromatic carbocycles. The maximum absolute atomic E-state index is 13.3. The summed E-state index contributed by atoms with van der Waals surface area (Å²) < 4.78 is 5.23. The number of pyridine rings is 1. The van der Waals surface area contributed by atoms with Crippen LogP contribution >= 0.6 is 0 Å². The predicted molar refractivity (Wildman–Crippen MR) is 155 cm³/mol. The van der Waals surface area contributed by atoms with E-state index in [2.05, 4.69) is 44.5 Å². The van der Waals surface area contributed by atoms with Crippen LogP contribution in [-0.4, -0.2) is 72.1 Å².